The van der Waals surface area contributed by atoms with Gasteiger partial charge in [-0.1, -0.05) is 12.1 Å². The van der Waals surface area contributed by atoms with Gasteiger partial charge in [-0.05, 0) is 37.0 Å². The molecular weight excluding hydrogens is 343 g/mol. The molecule has 0 radical (unpaired) electrons. The number of nitrogens with zero attached hydrogens (tertiary/aromatic N) is 1. The molecule has 1 aromatic carbocycles. The van der Waals surface area contributed by atoms with Crippen molar-refractivity contribution in [3.63, 3.8) is 0 Å². The molecule has 134 valence electrons. The Morgan fingerprint density at radius 3 is 2.17 bits per heavy atom. The number of carbonyl (C=O) groups is 1. The molecule has 0 bridgehead atoms. The number of carbonyl (C=O) groups excluding carboxylic acids is 1. The molecule has 0 aliphatic carbocycles. The van der Waals surface area contributed by atoms with Gasteiger partial charge >= 0.3 is 6.18 Å². The Morgan fingerprint density at radius 2 is 1.71 bits per heavy atom. The van der Waals surface area contributed by atoms with Gasteiger partial charge in [-0.15, -0.1) is 0 Å². The van der Waals surface area contributed by atoms with E-state index in [2.05, 4.69) is 0 Å². The SMILES string of the molecule is CS(=O)(=O)C1CCN(C(=O)CCc2ccc(C(F)(F)F)cc2)CC1. The Balaban J connectivity index is 1.84. The molecular formula is C16H20F3NO3S. The molecule has 8 heteroatoms. The molecule has 1 aliphatic rings. The van der Waals surface area contributed by atoms with E-state index in [1.807, 2.05) is 0 Å². The number of likely N-dealkylation sites (tertiary alicyclic amines) is 1. The van der Waals surface area contributed by atoms with Crippen LogP contribution >= 0.6 is 0 Å². The second-order valence-electron chi connectivity index (χ2n) is 6.10. The largest absolute Gasteiger partial charge is 0.416 e. The minimum atomic E-state index is -4.36. The Hall–Kier alpha value is -1.57. The van der Waals surface area contributed by atoms with E-state index in [-0.39, 0.29) is 12.3 Å². The van der Waals surface area contributed by atoms with E-state index in [9.17, 15) is 26.4 Å². The number of alkyl halides is 3. The average Bonchev–Trinajstić information content (AvgIpc) is 2.51. The molecule has 1 fully saturated rings. The minimum absolute atomic E-state index is 0.0955. The molecule has 0 aromatic heterocycles. The van der Waals surface area contributed by atoms with Crippen LogP contribution in [-0.4, -0.2) is 43.8 Å². The summed E-state index contributed by atoms with van der Waals surface area (Å²) in [6.45, 7) is 0.813. The van der Waals surface area contributed by atoms with Crippen LogP contribution in [0.15, 0.2) is 24.3 Å². The summed E-state index contributed by atoms with van der Waals surface area (Å²) in [7, 11) is -3.08. The van der Waals surface area contributed by atoms with Gasteiger partial charge in [-0.2, -0.15) is 13.2 Å². The van der Waals surface area contributed by atoms with E-state index in [4.69, 9.17) is 0 Å². The highest BCUT2D eigenvalue weighted by atomic mass is 32.2. The standard InChI is InChI=1S/C16H20F3NO3S/c1-24(22,23)14-8-10-20(11-9-14)15(21)7-4-12-2-5-13(6-3-12)16(17,18)19/h2-3,5-6,14H,4,7-11H2,1H3. The molecule has 0 saturated carbocycles. The molecule has 0 unspecified atom stereocenters. The second kappa shape index (κ2) is 7.13. The molecule has 0 N–H and O–H groups in total. The van der Waals surface area contributed by atoms with Crippen LogP contribution in [0.1, 0.15) is 30.4 Å². The Kier molecular flexibility index (Phi) is 5.57. The van der Waals surface area contributed by atoms with Crippen molar-refractivity contribution in [2.45, 2.75) is 37.1 Å². The zero-order valence-corrected chi connectivity index (χ0v) is 14.2. The van der Waals surface area contributed by atoms with Crippen LogP contribution in [-0.2, 0) is 27.2 Å². The fraction of sp³-hybridized carbons (Fsp3) is 0.562. The summed E-state index contributed by atoms with van der Waals surface area (Å²) in [5, 5.41) is -0.392. The normalized spacial score (nSPS) is 17.1. The molecule has 4 nitrogen and oxygen atoms in total. The first-order chi connectivity index (χ1) is 11.1. The first kappa shape index (κ1) is 18.8. The quantitative estimate of drug-likeness (QED) is 0.826. The van der Waals surface area contributed by atoms with Gasteiger partial charge in [0.2, 0.25) is 5.91 Å². The fourth-order valence-corrected chi connectivity index (χ4v) is 3.87. The van der Waals surface area contributed by atoms with Crippen LogP contribution in [0.2, 0.25) is 0 Å². The summed E-state index contributed by atoms with van der Waals surface area (Å²) in [6.07, 6.45) is -1.72. The number of halogens is 3. The second-order valence-corrected chi connectivity index (χ2v) is 8.43. The first-order valence-electron chi connectivity index (χ1n) is 7.70. The highest BCUT2D eigenvalue weighted by molar-refractivity contribution is 7.91. The van der Waals surface area contributed by atoms with Gasteiger partial charge < -0.3 is 4.90 Å². The van der Waals surface area contributed by atoms with E-state index in [0.717, 1.165) is 12.1 Å². The molecule has 0 spiro atoms. The van der Waals surface area contributed by atoms with Crippen molar-refractivity contribution < 1.29 is 26.4 Å². The van der Waals surface area contributed by atoms with Gasteiger partial charge in [0.25, 0.3) is 0 Å². The number of amides is 1. The van der Waals surface area contributed by atoms with Crippen LogP contribution in [0.5, 0.6) is 0 Å². The number of sulfone groups is 1. The lowest BCUT2D eigenvalue weighted by molar-refractivity contribution is -0.137. The van der Waals surface area contributed by atoms with Gasteiger partial charge in [0.15, 0.2) is 0 Å². The topological polar surface area (TPSA) is 54.5 Å². The molecule has 2 rings (SSSR count). The first-order valence-corrected chi connectivity index (χ1v) is 9.65. The number of rotatable bonds is 4. The van der Waals surface area contributed by atoms with Crippen molar-refractivity contribution in [1.29, 1.82) is 0 Å². The molecule has 1 saturated heterocycles. The van der Waals surface area contributed by atoms with Crippen LogP contribution in [0.3, 0.4) is 0 Å². The third kappa shape index (κ3) is 4.96. The summed E-state index contributed by atoms with van der Waals surface area (Å²) < 4.78 is 60.4. The lowest BCUT2D eigenvalue weighted by Gasteiger charge is -2.31. The lowest BCUT2D eigenvalue weighted by atomic mass is 10.1. The van der Waals surface area contributed by atoms with Crippen molar-refractivity contribution in [2.75, 3.05) is 19.3 Å². The number of benzene rings is 1. The molecule has 1 heterocycles. The number of hydrogen-bond donors (Lipinski definition) is 0. The number of aryl methyl sites for hydroxylation is 1. The summed E-state index contributed by atoms with van der Waals surface area (Å²) in [5.41, 5.74) is -0.0391. The highest BCUT2D eigenvalue weighted by Crippen LogP contribution is 2.29. The van der Waals surface area contributed by atoms with Gasteiger partial charge in [-0.25, -0.2) is 8.42 Å². The van der Waals surface area contributed by atoms with E-state index in [1.54, 1.807) is 4.90 Å². The maximum absolute atomic E-state index is 12.5. The zero-order chi connectivity index (χ0) is 18.0. The molecule has 24 heavy (non-hydrogen) atoms. The van der Waals surface area contributed by atoms with Gasteiger partial charge in [0.1, 0.15) is 9.84 Å². The van der Waals surface area contributed by atoms with Crippen molar-refractivity contribution in [3.8, 4) is 0 Å². The molecule has 1 aliphatic heterocycles. The Labute approximate surface area is 139 Å². The van der Waals surface area contributed by atoms with Crippen LogP contribution in [0, 0.1) is 0 Å². The number of hydrogen-bond acceptors (Lipinski definition) is 3. The smallest absolute Gasteiger partial charge is 0.343 e. The summed E-state index contributed by atoms with van der Waals surface area (Å²) in [5.74, 6) is -0.0955. The van der Waals surface area contributed by atoms with Gasteiger partial charge in [0.05, 0.1) is 10.8 Å². The van der Waals surface area contributed by atoms with Crippen LogP contribution < -0.4 is 0 Å². The molecule has 0 atom stereocenters. The van der Waals surface area contributed by atoms with E-state index in [1.165, 1.54) is 18.4 Å². The Morgan fingerprint density at radius 1 is 1.17 bits per heavy atom. The van der Waals surface area contributed by atoms with E-state index in [0.29, 0.717) is 37.9 Å². The Bertz CT molecular complexity index is 676. The average molecular weight is 363 g/mol. The highest BCUT2D eigenvalue weighted by Gasteiger charge is 2.30. The van der Waals surface area contributed by atoms with Crippen molar-refractivity contribution >= 4 is 15.7 Å². The van der Waals surface area contributed by atoms with E-state index >= 15 is 0 Å². The van der Waals surface area contributed by atoms with Gasteiger partial charge in [0, 0.05) is 25.8 Å². The third-order valence-electron chi connectivity index (χ3n) is 4.31. The summed E-state index contributed by atoms with van der Waals surface area (Å²) >= 11 is 0. The number of piperidine rings is 1. The molecule has 1 amide bonds. The van der Waals surface area contributed by atoms with Gasteiger partial charge in [-0.3, -0.25) is 4.79 Å². The minimum Gasteiger partial charge on any atom is -0.343 e. The maximum Gasteiger partial charge on any atom is 0.416 e. The molecule has 1 aromatic rings. The zero-order valence-electron chi connectivity index (χ0n) is 13.3. The van der Waals surface area contributed by atoms with Crippen LogP contribution in [0.25, 0.3) is 0 Å². The van der Waals surface area contributed by atoms with Crippen molar-refractivity contribution in [1.82, 2.24) is 4.90 Å². The van der Waals surface area contributed by atoms with Crippen LogP contribution in [0.4, 0.5) is 13.2 Å². The lowest BCUT2D eigenvalue weighted by Crippen LogP contribution is -2.42. The fourth-order valence-electron chi connectivity index (χ4n) is 2.80. The monoisotopic (exact) mass is 363 g/mol. The third-order valence-corrected chi connectivity index (χ3v) is 5.99. The predicted octanol–water partition coefficient (Wildman–Crippen LogP) is 2.67. The van der Waals surface area contributed by atoms with Crippen molar-refractivity contribution in [3.05, 3.63) is 35.4 Å². The van der Waals surface area contributed by atoms with E-state index < -0.39 is 26.8 Å². The van der Waals surface area contributed by atoms with Crippen molar-refractivity contribution in [2.24, 2.45) is 0 Å². The predicted molar refractivity (Wildman–Crippen MR) is 84.2 cm³/mol. The summed E-state index contributed by atoms with van der Waals surface area (Å²) in [6, 6.07) is 4.78. The maximum atomic E-state index is 12.5. The summed E-state index contributed by atoms with van der Waals surface area (Å²) in [4.78, 5) is 13.8.